The van der Waals surface area contributed by atoms with Crippen LogP contribution >= 0.6 is 28.7 Å². The number of rotatable bonds is 4. The summed E-state index contributed by atoms with van der Waals surface area (Å²) in [5.41, 5.74) is 5.93. The monoisotopic (exact) mass is 303 g/mol. The van der Waals surface area contributed by atoms with Gasteiger partial charge in [-0.25, -0.2) is 0 Å². The molecule has 0 spiro atoms. The smallest absolute Gasteiger partial charge is 0.225 e. The van der Waals surface area contributed by atoms with Crippen LogP contribution in [0.1, 0.15) is 6.42 Å². The van der Waals surface area contributed by atoms with Gasteiger partial charge in [-0.2, -0.15) is 0 Å². The summed E-state index contributed by atoms with van der Waals surface area (Å²) in [7, 11) is 0. The van der Waals surface area contributed by atoms with Crippen LogP contribution < -0.4 is 11.1 Å². The molecule has 0 radical (unpaired) electrons. The molecule has 0 heterocycles. The number of halogens is 1. The lowest BCUT2D eigenvalue weighted by molar-refractivity contribution is -0.115. The van der Waals surface area contributed by atoms with Crippen LogP contribution in [0.2, 0.25) is 0 Å². The summed E-state index contributed by atoms with van der Waals surface area (Å²) >= 11 is 1.17. The van der Waals surface area contributed by atoms with Crippen LogP contribution in [0.25, 0.3) is 0 Å². The number of carbonyl (C=O) groups is 1. The molecule has 1 amide bonds. The SMILES string of the molecule is Br.N=C(N)SCCC(=O)Nc1ccccc1. The summed E-state index contributed by atoms with van der Waals surface area (Å²) in [5, 5.41) is 9.76. The summed E-state index contributed by atoms with van der Waals surface area (Å²) in [6.07, 6.45) is 0.360. The molecule has 1 aromatic carbocycles. The van der Waals surface area contributed by atoms with Gasteiger partial charge in [0.1, 0.15) is 0 Å². The molecule has 16 heavy (non-hydrogen) atoms. The van der Waals surface area contributed by atoms with E-state index in [-0.39, 0.29) is 28.1 Å². The van der Waals surface area contributed by atoms with E-state index in [2.05, 4.69) is 5.32 Å². The van der Waals surface area contributed by atoms with Crippen LogP contribution in [0.5, 0.6) is 0 Å². The van der Waals surface area contributed by atoms with Gasteiger partial charge in [-0.1, -0.05) is 30.0 Å². The Labute approximate surface area is 109 Å². The summed E-state index contributed by atoms with van der Waals surface area (Å²) in [4.78, 5) is 11.4. The molecule has 0 aliphatic rings. The van der Waals surface area contributed by atoms with E-state index in [1.165, 1.54) is 11.8 Å². The summed E-state index contributed by atoms with van der Waals surface area (Å²) in [6, 6.07) is 9.27. The maximum absolute atomic E-state index is 11.4. The van der Waals surface area contributed by atoms with Crippen molar-refractivity contribution in [2.45, 2.75) is 6.42 Å². The molecular weight excluding hydrogens is 290 g/mol. The molecule has 1 aromatic rings. The second-order valence-electron chi connectivity index (χ2n) is 2.88. The maximum atomic E-state index is 11.4. The van der Waals surface area contributed by atoms with Gasteiger partial charge in [0.2, 0.25) is 5.91 Å². The molecule has 0 fully saturated rings. The second-order valence-corrected chi connectivity index (χ2v) is 4.01. The molecule has 0 saturated carbocycles. The third-order valence-corrected chi connectivity index (χ3v) is 2.36. The number of para-hydroxylation sites is 1. The molecule has 4 nitrogen and oxygen atoms in total. The number of nitrogens with two attached hydrogens (primary N) is 1. The first-order valence-electron chi connectivity index (χ1n) is 4.50. The fraction of sp³-hybridized carbons (Fsp3) is 0.200. The zero-order chi connectivity index (χ0) is 11.1. The van der Waals surface area contributed by atoms with Crippen molar-refractivity contribution < 1.29 is 4.79 Å². The average Bonchev–Trinajstić information content (AvgIpc) is 2.18. The number of benzene rings is 1. The highest BCUT2D eigenvalue weighted by molar-refractivity contribution is 8.93. The normalized spacial score (nSPS) is 9.00. The van der Waals surface area contributed by atoms with Crippen LogP contribution in [0.15, 0.2) is 30.3 Å². The van der Waals surface area contributed by atoms with E-state index in [0.29, 0.717) is 12.2 Å². The predicted octanol–water partition coefficient (Wildman–Crippen LogP) is 2.22. The molecule has 0 unspecified atom stereocenters. The van der Waals surface area contributed by atoms with Crippen LogP contribution in [0.4, 0.5) is 5.69 Å². The van der Waals surface area contributed by atoms with Gasteiger partial charge in [0.05, 0.1) is 0 Å². The molecule has 0 aliphatic carbocycles. The third-order valence-electron chi connectivity index (χ3n) is 1.64. The van der Waals surface area contributed by atoms with Gasteiger partial charge in [-0.05, 0) is 12.1 Å². The molecular formula is C10H14BrN3OS. The first-order valence-corrected chi connectivity index (χ1v) is 5.49. The Bertz CT molecular complexity index is 345. The van der Waals surface area contributed by atoms with Crippen molar-refractivity contribution in [2.24, 2.45) is 5.73 Å². The fourth-order valence-electron chi connectivity index (χ4n) is 0.999. The number of hydrogen-bond acceptors (Lipinski definition) is 3. The van der Waals surface area contributed by atoms with E-state index in [0.717, 1.165) is 5.69 Å². The van der Waals surface area contributed by atoms with E-state index < -0.39 is 0 Å². The number of anilines is 1. The van der Waals surface area contributed by atoms with Crippen molar-refractivity contribution in [2.75, 3.05) is 11.1 Å². The van der Waals surface area contributed by atoms with Crippen molar-refractivity contribution >= 4 is 45.5 Å². The minimum absolute atomic E-state index is 0. The molecule has 88 valence electrons. The summed E-state index contributed by atoms with van der Waals surface area (Å²) in [5.74, 6) is 0.475. The highest BCUT2D eigenvalue weighted by Gasteiger charge is 2.02. The number of carbonyl (C=O) groups excluding carboxylic acids is 1. The van der Waals surface area contributed by atoms with Crippen molar-refractivity contribution in [3.8, 4) is 0 Å². The van der Waals surface area contributed by atoms with Crippen LogP contribution in [-0.2, 0) is 4.79 Å². The van der Waals surface area contributed by atoms with Gasteiger partial charge in [0.25, 0.3) is 0 Å². The van der Waals surface area contributed by atoms with Crippen LogP contribution in [0.3, 0.4) is 0 Å². The first-order chi connectivity index (χ1) is 7.18. The number of amides is 1. The van der Waals surface area contributed by atoms with Crippen LogP contribution in [-0.4, -0.2) is 16.8 Å². The topological polar surface area (TPSA) is 79.0 Å². The van der Waals surface area contributed by atoms with Gasteiger partial charge >= 0.3 is 0 Å². The minimum Gasteiger partial charge on any atom is -0.379 e. The molecule has 0 aromatic heterocycles. The minimum atomic E-state index is -0.0602. The third kappa shape index (κ3) is 6.47. The fourth-order valence-corrected chi connectivity index (χ4v) is 1.51. The Kier molecular flexibility index (Phi) is 7.66. The molecule has 0 aliphatic heterocycles. The molecule has 4 N–H and O–H groups in total. The van der Waals surface area contributed by atoms with Crippen LogP contribution in [0, 0.1) is 5.41 Å². The highest BCUT2D eigenvalue weighted by atomic mass is 79.9. The Morgan fingerprint density at radius 1 is 1.38 bits per heavy atom. The Morgan fingerprint density at radius 2 is 2.00 bits per heavy atom. The highest BCUT2D eigenvalue weighted by Crippen LogP contribution is 2.07. The number of nitrogens with one attached hydrogen (secondary N) is 2. The molecule has 0 atom stereocenters. The molecule has 0 saturated heterocycles. The number of thioether (sulfide) groups is 1. The lowest BCUT2D eigenvalue weighted by Crippen LogP contribution is -2.13. The van der Waals surface area contributed by atoms with E-state index in [1.807, 2.05) is 30.3 Å². The quantitative estimate of drug-likeness (QED) is 0.589. The van der Waals surface area contributed by atoms with Crippen molar-refractivity contribution in [3.05, 3.63) is 30.3 Å². The van der Waals surface area contributed by atoms with Crippen molar-refractivity contribution in [1.82, 2.24) is 0 Å². The maximum Gasteiger partial charge on any atom is 0.225 e. The number of amidine groups is 1. The van der Waals surface area contributed by atoms with Gasteiger partial charge < -0.3 is 11.1 Å². The Hall–Kier alpha value is -1.01. The van der Waals surface area contributed by atoms with E-state index in [1.54, 1.807) is 0 Å². The Morgan fingerprint density at radius 3 is 2.56 bits per heavy atom. The molecule has 0 bridgehead atoms. The standard InChI is InChI=1S/C10H13N3OS.BrH/c11-10(12)15-7-6-9(14)13-8-4-2-1-3-5-8;/h1-5H,6-7H2,(H3,11,12)(H,13,14);1H. The van der Waals surface area contributed by atoms with E-state index in [9.17, 15) is 4.79 Å². The van der Waals surface area contributed by atoms with Gasteiger partial charge in [-0.3, -0.25) is 10.2 Å². The largest absolute Gasteiger partial charge is 0.379 e. The molecule has 1 rings (SSSR count). The second kappa shape index (κ2) is 8.18. The first kappa shape index (κ1) is 15.0. The lowest BCUT2D eigenvalue weighted by Gasteiger charge is -2.03. The Balaban J connectivity index is 0.00000225. The van der Waals surface area contributed by atoms with Gasteiger partial charge in [0, 0.05) is 17.9 Å². The predicted molar refractivity (Wildman–Crippen MR) is 74.4 cm³/mol. The van der Waals surface area contributed by atoms with Crippen molar-refractivity contribution in [1.29, 1.82) is 5.41 Å². The van der Waals surface area contributed by atoms with Gasteiger partial charge in [0.15, 0.2) is 5.17 Å². The van der Waals surface area contributed by atoms with Crippen molar-refractivity contribution in [3.63, 3.8) is 0 Å². The molecule has 6 heteroatoms. The van der Waals surface area contributed by atoms with E-state index in [4.69, 9.17) is 11.1 Å². The zero-order valence-electron chi connectivity index (χ0n) is 8.60. The summed E-state index contributed by atoms with van der Waals surface area (Å²) in [6.45, 7) is 0. The number of hydrogen-bond donors (Lipinski definition) is 3. The average molecular weight is 304 g/mol. The van der Waals surface area contributed by atoms with Gasteiger partial charge in [-0.15, -0.1) is 17.0 Å². The van der Waals surface area contributed by atoms with E-state index >= 15 is 0 Å². The lowest BCUT2D eigenvalue weighted by atomic mass is 10.3. The zero-order valence-corrected chi connectivity index (χ0v) is 11.1. The summed E-state index contributed by atoms with van der Waals surface area (Å²) < 4.78 is 0.